The van der Waals surface area contributed by atoms with Crippen molar-refractivity contribution in [2.24, 2.45) is 0 Å². The molecule has 1 aliphatic rings. The summed E-state index contributed by atoms with van der Waals surface area (Å²) in [5.41, 5.74) is 2.81. The van der Waals surface area contributed by atoms with Crippen molar-refractivity contribution in [1.29, 1.82) is 0 Å². The van der Waals surface area contributed by atoms with Gasteiger partial charge in [0.1, 0.15) is 0 Å². The highest BCUT2D eigenvalue weighted by molar-refractivity contribution is 5.94. The SMILES string of the molecule is CN(Cc1nc(-c2ccccc2)no1)C(=O)c1ccc(CN2CCCCCC2)cc1. The van der Waals surface area contributed by atoms with Crippen molar-refractivity contribution in [2.75, 3.05) is 20.1 Å². The average molecular weight is 405 g/mol. The van der Waals surface area contributed by atoms with Crippen LogP contribution >= 0.6 is 0 Å². The van der Waals surface area contributed by atoms with Crippen LogP contribution in [0.25, 0.3) is 11.4 Å². The molecule has 0 aliphatic carbocycles. The lowest BCUT2D eigenvalue weighted by molar-refractivity contribution is 0.0769. The van der Waals surface area contributed by atoms with E-state index in [1.165, 1.54) is 44.3 Å². The lowest BCUT2D eigenvalue weighted by Gasteiger charge is -2.20. The minimum absolute atomic E-state index is 0.0595. The van der Waals surface area contributed by atoms with Gasteiger partial charge in [-0.2, -0.15) is 4.98 Å². The van der Waals surface area contributed by atoms with Gasteiger partial charge in [-0.15, -0.1) is 0 Å². The Bertz CT molecular complexity index is 945. The third kappa shape index (κ3) is 5.13. The lowest BCUT2D eigenvalue weighted by Crippen LogP contribution is -2.26. The molecule has 2 heterocycles. The molecule has 30 heavy (non-hydrogen) atoms. The highest BCUT2D eigenvalue weighted by atomic mass is 16.5. The zero-order valence-corrected chi connectivity index (χ0v) is 17.5. The molecule has 156 valence electrons. The summed E-state index contributed by atoms with van der Waals surface area (Å²) in [5, 5.41) is 4.02. The molecule has 0 unspecified atom stereocenters. The van der Waals surface area contributed by atoms with Crippen LogP contribution in [0.3, 0.4) is 0 Å². The van der Waals surface area contributed by atoms with Crippen LogP contribution in [0.5, 0.6) is 0 Å². The van der Waals surface area contributed by atoms with E-state index in [1.807, 2.05) is 42.5 Å². The molecule has 0 bridgehead atoms. The summed E-state index contributed by atoms with van der Waals surface area (Å²) in [4.78, 5) is 21.3. The molecular formula is C24H28N4O2. The number of amides is 1. The molecule has 1 amide bonds. The van der Waals surface area contributed by atoms with E-state index < -0.39 is 0 Å². The van der Waals surface area contributed by atoms with E-state index >= 15 is 0 Å². The van der Waals surface area contributed by atoms with Crippen LogP contribution in [0.1, 0.15) is 47.5 Å². The predicted molar refractivity (Wildman–Crippen MR) is 116 cm³/mol. The van der Waals surface area contributed by atoms with Crippen LogP contribution in [0, 0.1) is 0 Å². The second-order valence-corrected chi connectivity index (χ2v) is 7.93. The molecule has 1 aliphatic heterocycles. The molecule has 6 nitrogen and oxygen atoms in total. The quantitative estimate of drug-likeness (QED) is 0.610. The third-order valence-corrected chi connectivity index (χ3v) is 5.52. The van der Waals surface area contributed by atoms with Gasteiger partial charge in [0.2, 0.25) is 11.7 Å². The Hall–Kier alpha value is -2.99. The van der Waals surface area contributed by atoms with E-state index in [2.05, 4.69) is 27.2 Å². The monoisotopic (exact) mass is 404 g/mol. The summed E-state index contributed by atoms with van der Waals surface area (Å²) < 4.78 is 5.33. The third-order valence-electron chi connectivity index (χ3n) is 5.52. The molecule has 6 heteroatoms. The lowest BCUT2D eigenvalue weighted by atomic mass is 10.1. The van der Waals surface area contributed by atoms with E-state index in [4.69, 9.17) is 4.52 Å². The minimum atomic E-state index is -0.0595. The largest absolute Gasteiger partial charge is 0.337 e. The highest BCUT2D eigenvalue weighted by Gasteiger charge is 2.17. The van der Waals surface area contributed by atoms with Gasteiger partial charge in [-0.3, -0.25) is 9.69 Å². The molecule has 1 fully saturated rings. The van der Waals surface area contributed by atoms with Crippen molar-refractivity contribution in [3.63, 3.8) is 0 Å². The van der Waals surface area contributed by atoms with Gasteiger partial charge in [0.25, 0.3) is 5.91 Å². The molecule has 2 aromatic carbocycles. The Labute approximate surface area is 177 Å². The number of carbonyl (C=O) groups is 1. The summed E-state index contributed by atoms with van der Waals surface area (Å²) >= 11 is 0. The first-order chi connectivity index (χ1) is 14.7. The van der Waals surface area contributed by atoms with Gasteiger partial charge in [-0.05, 0) is 43.6 Å². The van der Waals surface area contributed by atoms with Crippen molar-refractivity contribution in [3.05, 3.63) is 71.6 Å². The van der Waals surface area contributed by atoms with Crippen LogP contribution in [0.15, 0.2) is 59.1 Å². The maximum absolute atomic E-state index is 12.8. The summed E-state index contributed by atoms with van der Waals surface area (Å²) in [6.45, 7) is 3.56. The number of aromatic nitrogens is 2. The van der Waals surface area contributed by atoms with Crippen LogP contribution in [-0.2, 0) is 13.1 Å². The number of benzene rings is 2. The van der Waals surface area contributed by atoms with E-state index in [0.29, 0.717) is 17.3 Å². The normalized spacial score (nSPS) is 15.0. The molecule has 1 aromatic heterocycles. The fourth-order valence-electron chi connectivity index (χ4n) is 3.82. The highest BCUT2D eigenvalue weighted by Crippen LogP contribution is 2.17. The first kappa shape index (κ1) is 20.3. The van der Waals surface area contributed by atoms with Gasteiger partial charge in [0, 0.05) is 24.7 Å². The molecule has 0 saturated carbocycles. The Kier molecular flexibility index (Phi) is 6.54. The Morgan fingerprint density at radius 1 is 1.00 bits per heavy atom. The standard InChI is InChI=1S/C24H28N4O2/c1-27(18-22-25-23(26-30-22)20-9-5-4-6-10-20)24(29)21-13-11-19(12-14-21)17-28-15-7-2-3-8-16-28/h4-6,9-14H,2-3,7-8,15-18H2,1H3. The molecular weight excluding hydrogens is 376 g/mol. The van der Waals surface area contributed by atoms with Crippen molar-refractivity contribution in [2.45, 2.75) is 38.8 Å². The summed E-state index contributed by atoms with van der Waals surface area (Å²) in [6.07, 6.45) is 5.23. The molecule has 3 aromatic rings. The number of nitrogens with zero attached hydrogens (tertiary/aromatic N) is 4. The van der Waals surface area contributed by atoms with Gasteiger partial charge >= 0.3 is 0 Å². The van der Waals surface area contributed by atoms with Crippen LogP contribution in [-0.4, -0.2) is 46.0 Å². The number of rotatable bonds is 6. The van der Waals surface area contributed by atoms with Gasteiger partial charge < -0.3 is 9.42 Å². The van der Waals surface area contributed by atoms with Gasteiger partial charge in [-0.1, -0.05) is 60.5 Å². The van der Waals surface area contributed by atoms with Crippen LogP contribution in [0.4, 0.5) is 0 Å². The van der Waals surface area contributed by atoms with Gasteiger partial charge in [0.15, 0.2) is 0 Å². The van der Waals surface area contributed by atoms with E-state index in [-0.39, 0.29) is 12.5 Å². The van der Waals surface area contributed by atoms with Crippen LogP contribution < -0.4 is 0 Å². The van der Waals surface area contributed by atoms with Crippen molar-refractivity contribution >= 4 is 5.91 Å². The zero-order chi connectivity index (χ0) is 20.8. The smallest absolute Gasteiger partial charge is 0.254 e. The first-order valence-corrected chi connectivity index (χ1v) is 10.6. The molecule has 0 N–H and O–H groups in total. The Morgan fingerprint density at radius 3 is 2.40 bits per heavy atom. The maximum Gasteiger partial charge on any atom is 0.254 e. The van der Waals surface area contributed by atoms with E-state index in [9.17, 15) is 4.79 Å². The molecule has 0 radical (unpaired) electrons. The topological polar surface area (TPSA) is 62.5 Å². The van der Waals surface area contributed by atoms with Crippen molar-refractivity contribution in [1.82, 2.24) is 19.9 Å². The van der Waals surface area contributed by atoms with Crippen LogP contribution in [0.2, 0.25) is 0 Å². The zero-order valence-electron chi connectivity index (χ0n) is 17.5. The fourth-order valence-corrected chi connectivity index (χ4v) is 3.82. The van der Waals surface area contributed by atoms with Crippen molar-refractivity contribution in [3.8, 4) is 11.4 Å². The van der Waals surface area contributed by atoms with E-state index in [1.54, 1.807) is 11.9 Å². The van der Waals surface area contributed by atoms with Crippen molar-refractivity contribution < 1.29 is 9.32 Å². The number of hydrogen-bond donors (Lipinski definition) is 0. The summed E-state index contributed by atoms with van der Waals surface area (Å²) in [5.74, 6) is 0.891. The summed E-state index contributed by atoms with van der Waals surface area (Å²) in [6, 6.07) is 17.6. The maximum atomic E-state index is 12.8. The first-order valence-electron chi connectivity index (χ1n) is 10.6. The Morgan fingerprint density at radius 2 is 1.70 bits per heavy atom. The second-order valence-electron chi connectivity index (χ2n) is 7.93. The fraction of sp³-hybridized carbons (Fsp3) is 0.375. The molecule has 4 rings (SSSR count). The van der Waals surface area contributed by atoms with Gasteiger partial charge in [-0.25, -0.2) is 0 Å². The number of carbonyl (C=O) groups excluding carboxylic acids is 1. The molecule has 0 atom stereocenters. The molecule has 1 saturated heterocycles. The average Bonchev–Trinajstić information content (AvgIpc) is 3.09. The summed E-state index contributed by atoms with van der Waals surface area (Å²) in [7, 11) is 1.75. The van der Waals surface area contributed by atoms with E-state index in [0.717, 1.165) is 12.1 Å². The molecule has 0 spiro atoms. The Balaban J connectivity index is 1.35. The number of hydrogen-bond acceptors (Lipinski definition) is 5. The second kappa shape index (κ2) is 9.67. The van der Waals surface area contributed by atoms with Gasteiger partial charge in [0.05, 0.1) is 6.54 Å². The number of likely N-dealkylation sites (tertiary alicyclic amines) is 1. The predicted octanol–water partition coefficient (Wildman–Crippen LogP) is 4.38. The minimum Gasteiger partial charge on any atom is -0.337 e.